The van der Waals surface area contributed by atoms with E-state index in [0.717, 1.165) is 21.9 Å². The molecule has 1 aliphatic rings. The van der Waals surface area contributed by atoms with Gasteiger partial charge in [0.05, 0.1) is 20.1 Å². The minimum atomic E-state index is -0.454. The van der Waals surface area contributed by atoms with E-state index < -0.39 is 5.92 Å². The molecule has 0 fully saturated rings. The van der Waals surface area contributed by atoms with Gasteiger partial charge in [-0.3, -0.25) is 0 Å². The van der Waals surface area contributed by atoms with E-state index in [4.69, 9.17) is 19.9 Å². The molecule has 0 saturated heterocycles. The van der Waals surface area contributed by atoms with Gasteiger partial charge in [0.1, 0.15) is 34.6 Å². The highest BCUT2D eigenvalue weighted by Gasteiger charge is 2.32. The predicted octanol–water partition coefficient (Wildman–Crippen LogP) is 3.78. The Hall–Kier alpha value is -3.85. The number of phenolic OH excluding ortho intramolecular Hbond substituents is 1. The number of nitrogens with two attached hydrogens (primary N) is 1. The van der Waals surface area contributed by atoms with Crippen molar-refractivity contribution in [2.24, 2.45) is 5.73 Å². The zero-order chi connectivity index (χ0) is 19.8. The molecule has 6 heteroatoms. The van der Waals surface area contributed by atoms with Gasteiger partial charge in [0.25, 0.3) is 0 Å². The van der Waals surface area contributed by atoms with Crippen molar-refractivity contribution in [3.8, 4) is 29.1 Å². The number of aromatic hydroxyl groups is 1. The highest BCUT2D eigenvalue weighted by molar-refractivity contribution is 5.92. The molecule has 3 aromatic carbocycles. The van der Waals surface area contributed by atoms with Crippen LogP contribution in [0.25, 0.3) is 10.8 Å². The molecule has 6 nitrogen and oxygen atoms in total. The number of nitriles is 1. The summed E-state index contributed by atoms with van der Waals surface area (Å²) in [4.78, 5) is 0. The Morgan fingerprint density at radius 2 is 1.71 bits per heavy atom. The van der Waals surface area contributed by atoms with Crippen molar-refractivity contribution in [1.82, 2.24) is 0 Å². The Labute approximate surface area is 162 Å². The smallest absolute Gasteiger partial charge is 0.205 e. The fraction of sp³-hybridized carbons (Fsp3) is 0.136. The van der Waals surface area contributed by atoms with E-state index in [1.165, 1.54) is 0 Å². The van der Waals surface area contributed by atoms with Crippen molar-refractivity contribution < 1.29 is 19.3 Å². The second kappa shape index (κ2) is 6.71. The van der Waals surface area contributed by atoms with E-state index >= 15 is 0 Å². The highest BCUT2D eigenvalue weighted by Crippen LogP contribution is 2.46. The average molecular weight is 374 g/mol. The zero-order valence-corrected chi connectivity index (χ0v) is 15.4. The number of benzene rings is 3. The Balaban J connectivity index is 2.01. The van der Waals surface area contributed by atoms with Crippen LogP contribution >= 0.6 is 0 Å². The van der Waals surface area contributed by atoms with Crippen LogP contribution in [-0.2, 0) is 0 Å². The molecule has 1 aliphatic heterocycles. The van der Waals surface area contributed by atoms with Crippen molar-refractivity contribution >= 4 is 10.8 Å². The van der Waals surface area contributed by atoms with E-state index in [0.29, 0.717) is 22.8 Å². The van der Waals surface area contributed by atoms with E-state index in [1.807, 2.05) is 24.3 Å². The third-order valence-electron chi connectivity index (χ3n) is 4.89. The maximum absolute atomic E-state index is 9.93. The number of phenols is 1. The molecule has 0 bridgehead atoms. The number of methoxy groups -OCH3 is 2. The number of fused-ring (bicyclic) bond motifs is 3. The van der Waals surface area contributed by atoms with Crippen LogP contribution in [0.3, 0.4) is 0 Å². The van der Waals surface area contributed by atoms with E-state index in [-0.39, 0.29) is 11.6 Å². The first-order valence-electron chi connectivity index (χ1n) is 8.62. The summed E-state index contributed by atoms with van der Waals surface area (Å²) < 4.78 is 16.6. The maximum atomic E-state index is 9.93. The van der Waals surface area contributed by atoms with Gasteiger partial charge in [0, 0.05) is 17.0 Å². The molecule has 0 saturated carbocycles. The van der Waals surface area contributed by atoms with Gasteiger partial charge in [-0.2, -0.15) is 5.26 Å². The molecule has 1 heterocycles. The number of nitrogens with zero attached hydrogens (tertiary/aromatic N) is 1. The summed E-state index contributed by atoms with van der Waals surface area (Å²) in [5.74, 6) is 1.45. The molecule has 0 aliphatic carbocycles. The van der Waals surface area contributed by atoms with Crippen LogP contribution in [-0.4, -0.2) is 19.3 Å². The summed E-state index contributed by atoms with van der Waals surface area (Å²) in [5.41, 5.74) is 7.99. The zero-order valence-electron chi connectivity index (χ0n) is 15.4. The molecular weight excluding hydrogens is 356 g/mol. The molecule has 1 atom stereocenters. The number of allylic oxidation sites excluding steroid dienone is 1. The monoisotopic (exact) mass is 374 g/mol. The van der Waals surface area contributed by atoms with Crippen LogP contribution in [0.5, 0.6) is 23.0 Å². The lowest BCUT2D eigenvalue weighted by atomic mass is 9.82. The lowest BCUT2D eigenvalue weighted by Gasteiger charge is -2.28. The van der Waals surface area contributed by atoms with Gasteiger partial charge in [-0.05, 0) is 35.2 Å². The molecule has 1 unspecified atom stereocenters. The molecular formula is C22H18N2O4. The standard InChI is InChI=1S/C22H18N2O4/c1-26-15-7-13(8-16(10-15)27-2)20-17-6-4-12-3-5-14(25)9-18(12)21(17)28-22(24)19(20)11-23/h3-10,20,25H,24H2,1-2H3. The van der Waals surface area contributed by atoms with E-state index in [9.17, 15) is 10.4 Å². The molecule has 0 radical (unpaired) electrons. The van der Waals surface area contributed by atoms with Gasteiger partial charge in [-0.15, -0.1) is 0 Å². The van der Waals surface area contributed by atoms with Crippen LogP contribution < -0.4 is 19.9 Å². The summed E-state index contributed by atoms with van der Waals surface area (Å²) in [7, 11) is 3.14. The molecule has 0 aromatic heterocycles. The second-order valence-electron chi connectivity index (χ2n) is 6.46. The summed E-state index contributed by atoms with van der Waals surface area (Å²) in [6.07, 6.45) is 0. The summed E-state index contributed by atoms with van der Waals surface area (Å²) in [6.45, 7) is 0. The van der Waals surface area contributed by atoms with Gasteiger partial charge in [-0.1, -0.05) is 18.2 Å². The van der Waals surface area contributed by atoms with Gasteiger partial charge in [-0.25, -0.2) is 0 Å². The third-order valence-corrected chi connectivity index (χ3v) is 4.89. The topological polar surface area (TPSA) is 97.7 Å². The van der Waals surface area contributed by atoms with E-state index in [2.05, 4.69) is 6.07 Å². The maximum Gasteiger partial charge on any atom is 0.205 e. The van der Waals surface area contributed by atoms with Crippen molar-refractivity contribution in [3.05, 3.63) is 71.1 Å². The van der Waals surface area contributed by atoms with Crippen LogP contribution in [0, 0.1) is 11.3 Å². The first-order valence-corrected chi connectivity index (χ1v) is 8.62. The van der Waals surface area contributed by atoms with Crippen LogP contribution in [0.2, 0.25) is 0 Å². The van der Waals surface area contributed by atoms with Gasteiger partial charge in [0.15, 0.2) is 0 Å². The molecule has 3 N–H and O–H groups in total. The molecule has 28 heavy (non-hydrogen) atoms. The van der Waals surface area contributed by atoms with Gasteiger partial charge in [0.2, 0.25) is 5.88 Å². The van der Waals surface area contributed by atoms with Crippen molar-refractivity contribution in [1.29, 1.82) is 5.26 Å². The fourth-order valence-electron chi connectivity index (χ4n) is 3.56. The molecule has 140 valence electrons. The van der Waals surface area contributed by atoms with Crippen molar-refractivity contribution in [2.45, 2.75) is 5.92 Å². The Kier molecular flexibility index (Phi) is 4.21. The molecule has 0 amide bonds. The van der Waals surface area contributed by atoms with Crippen molar-refractivity contribution in [3.63, 3.8) is 0 Å². The second-order valence-corrected chi connectivity index (χ2v) is 6.46. The summed E-state index contributed by atoms with van der Waals surface area (Å²) in [6, 6.07) is 16.5. The van der Waals surface area contributed by atoms with Crippen molar-refractivity contribution in [2.75, 3.05) is 14.2 Å². The molecule has 0 spiro atoms. The molecule has 4 rings (SSSR count). The quantitative estimate of drug-likeness (QED) is 0.724. The van der Waals surface area contributed by atoms with Gasteiger partial charge >= 0.3 is 0 Å². The minimum absolute atomic E-state index is 0.0395. The summed E-state index contributed by atoms with van der Waals surface area (Å²) >= 11 is 0. The van der Waals surface area contributed by atoms with Crippen LogP contribution in [0.1, 0.15) is 17.0 Å². The number of hydrogen-bond acceptors (Lipinski definition) is 6. The number of hydrogen-bond donors (Lipinski definition) is 2. The van der Waals surface area contributed by atoms with Crippen LogP contribution in [0.4, 0.5) is 0 Å². The lowest BCUT2D eigenvalue weighted by Crippen LogP contribution is -2.21. The fourth-order valence-corrected chi connectivity index (χ4v) is 3.56. The normalized spacial score (nSPS) is 15.5. The SMILES string of the molecule is COc1cc(OC)cc(C2C(C#N)=C(N)Oc3c2ccc2ccc(O)cc32)c1. The third kappa shape index (κ3) is 2.74. The number of ether oxygens (including phenoxy) is 3. The average Bonchev–Trinajstić information content (AvgIpc) is 2.72. The molecule has 3 aromatic rings. The number of rotatable bonds is 3. The van der Waals surface area contributed by atoms with Gasteiger partial charge < -0.3 is 25.1 Å². The summed E-state index contributed by atoms with van der Waals surface area (Å²) in [5, 5.41) is 21.3. The van der Waals surface area contributed by atoms with E-state index in [1.54, 1.807) is 38.5 Å². The minimum Gasteiger partial charge on any atom is -0.508 e. The highest BCUT2D eigenvalue weighted by atomic mass is 16.5. The first-order chi connectivity index (χ1) is 13.5. The first kappa shape index (κ1) is 17.6. The largest absolute Gasteiger partial charge is 0.508 e. The Morgan fingerprint density at radius 1 is 1.04 bits per heavy atom. The Morgan fingerprint density at radius 3 is 2.36 bits per heavy atom. The van der Waals surface area contributed by atoms with Crippen LogP contribution in [0.15, 0.2) is 60.0 Å². The Bertz CT molecular complexity index is 1140. The predicted molar refractivity (Wildman–Crippen MR) is 104 cm³/mol. The lowest BCUT2D eigenvalue weighted by molar-refractivity contribution is 0.389.